The molecular formula is C30H39BrCl4N6O6. The number of amides is 4. The van der Waals surface area contributed by atoms with Crippen molar-refractivity contribution in [2.45, 2.75) is 65.6 Å². The van der Waals surface area contributed by atoms with E-state index < -0.39 is 23.4 Å². The van der Waals surface area contributed by atoms with Gasteiger partial charge >= 0.3 is 12.2 Å². The zero-order chi connectivity index (χ0) is 35.5. The lowest BCUT2D eigenvalue weighted by molar-refractivity contribution is -0.121. The van der Waals surface area contributed by atoms with Crippen LogP contribution in [-0.2, 0) is 19.1 Å². The Morgan fingerprint density at radius 2 is 1.19 bits per heavy atom. The third-order valence-corrected chi connectivity index (χ3v) is 8.33. The number of pyridine rings is 2. The first kappa shape index (κ1) is 40.6. The van der Waals surface area contributed by atoms with Crippen molar-refractivity contribution in [2.75, 3.05) is 44.2 Å². The van der Waals surface area contributed by atoms with E-state index in [1.165, 1.54) is 39.5 Å². The molecule has 0 bridgehead atoms. The molecule has 0 aromatic carbocycles. The molecule has 12 nitrogen and oxygen atoms in total. The molecule has 260 valence electrons. The van der Waals surface area contributed by atoms with Gasteiger partial charge in [-0.3, -0.25) is 29.4 Å². The number of carbonyl (C=O) groups excluding carboxylic acids is 4. The van der Waals surface area contributed by atoms with E-state index in [1.54, 1.807) is 20.8 Å². The second kappa shape index (κ2) is 18.3. The molecule has 0 saturated carbocycles. The molecule has 2 fully saturated rings. The van der Waals surface area contributed by atoms with E-state index in [9.17, 15) is 19.2 Å². The second-order valence-electron chi connectivity index (χ2n) is 12.3. The van der Waals surface area contributed by atoms with Gasteiger partial charge in [0.1, 0.15) is 24.3 Å². The maximum atomic E-state index is 12.5. The smallest absolute Gasteiger partial charge is 0.410 e. The Bertz CT molecular complexity index is 1380. The minimum Gasteiger partial charge on any atom is -0.444 e. The summed E-state index contributed by atoms with van der Waals surface area (Å²) in [7, 11) is 0. The van der Waals surface area contributed by atoms with E-state index in [0.29, 0.717) is 62.9 Å². The molecular weight excluding hydrogens is 762 g/mol. The van der Waals surface area contributed by atoms with Crippen LogP contribution in [0.25, 0.3) is 0 Å². The zero-order valence-corrected chi connectivity index (χ0v) is 31.7. The van der Waals surface area contributed by atoms with Crippen molar-refractivity contribution in [2.24, 2.45) is 0 Å². The minimum atomic E-state index is -0.607. The van der Waals surface area contributed by atoms with Crippen molar-refractivity contribution in [3.05, 3.63) is 49.4 Å². The highest BCUT2D eigenvalue weighted by atomic mass is 79.9. The largest absolute Gasteiger partial charge is 0.444 e. The molecule has 2 aliphatic heterocycles. The third-order valence-electron chi connectivity index (χ3n) is 5.90. The molecule has 0 radical (unpaired) electrons. The van der Waals surface area contributed by atoms with Gasteiger partial charge in [-0.15, -0.1) is 0 Å². The summed E-state index contributed by atoms with van der Waals surface area (Å²) >= 11 is 26.7. The predicted octanol–water partition coefficient (Wildman–Crippen LogP) is 7.26. The molecule has 0 unspecified atom stereocenters. The number of ether oxygens (including phenoxy) is 2. The van der Waals surface area contributed by atoms with E-state index in [2.05, 4.69) is 31.2 Å². The molecule has 2 aromatic rings. The number of aromatic nitrogens is 2. The second-order valence-corrected chi connectivity index (χ2v) is 14.7. The Labute approximate surface area is 303 Å². The molecule has 4 rings (SSSR count). The van der Waals surface area contributed by atoms with Crippen molar-refractivity contribution in [1.29, 1.82) is 0 Å². The Kier molecular flexibility index (Phi) is 15.8. The standard InChI is InChI=1S/C15H19Cl2N3O3.C10H18N2O3.C5H2BrCl2N/c1-15(2,3)23-14(22)19-5-4-6-20(12(21)9-19)13-10(16)7-18-8-11(13)17;1-10(2,3)15-9(14)12-6-4-5-11-8(13)7-12;6-5-3(7)1-9-2-4(5)8/h7-8H,4-6,9H2,1-3H3;4-7H2,1-3H3,(H,11,13);1-2H. The number of hydrogen-bond acceptors (Lipinski definition) is 8. The summed E-state index contributed by atoms with van der Waals surface area (Å²) in [4.78, 5) is 59.5. The average Bonchev–Trinajstić information content (AvgIpc) is 3.28. The lowest BCUT2D eigenvalue weighted by Crippen LogP contribution is -2.42. The highest BCUT2D eigenvalue weighted by Gasteiger charge is 2.31. The van der Waals surface area contributed by atoms with Gasteiger partial charge in [0.25, 0.3) is 0 Å². The van der Waals surface area contributed by atoms with Crippen molar-refractivity contribution < 1.29 is 28.7 Å². The number of rotatable bonds is 1. The van der Waals surface area contributed by atoms with Crippen molar-refractivity contribution in [3.8, 4) is 0 Å². The van der Waals surface area contributed by atoms with Crippen LogP contribution in [0.5, 0.6) is 0 Å². The minimum absolute atomic E-state index is 0.0795. The SMILES string of the molecule is CC(C)(C)OC(=O)N1CCCN(c2c(Cl)cncc2Cl)C(=O)C1.CC(C)(C)OC(=O)N1CCCNC(=O)C1.Clc1cncc(Cl)c1Br. The number of carbonyl (C=O) groups is 4. The van der Waals surface area contributed by atoms with Crippen LogP contribution in [0.3, 0.4) is 0 Å². The van der Waals surface area contributed by atoms with Gasteiger partial charge in [-0.05, 0) is 70.3 Å². The Morgan fingerprint density at radius 3 is 1.66 bits per heavy atom. The molecule has 4 heterocycles. The molecule has 0 spiro atoms. The fourth-order valence-electron chi connectivity index (χ4n) is 3.94. The summed E-state index contributed by atoms with van der Waals surface area (Å²) in [5.74, 6) is -0.387. The van der Waals surface area contributed by atoms with Crippen LogP contribution in [0.4, 0.5) is 15.3 Å². The summed E-state index contributed by atoms with van der Waals surface area (Å²) in [6.07, 6.45) is 6.37. The van der Waals surface area contributed by atoms with Crippen LogP contribution in [0.15, 0.2) is 29.3 Å². The fourth-order valence-corrected chi connectivity index (χ4v) is 5.08. The average molecular weight is 801 g/mol. The molecule has 0 aliphatic carbocycles. The normalized spacial score (nSPS) is 15.6. The molecule has 2 aromatic heterocycles. The van der Waals surface area contributed by atoms with Gasteiger partial charge in [0.15, 0.2) is 0 Å². The van der Waals surface area contributed by atoms with Crippen molar-refractivity contribution >= 4 is 92.0 Å². The lowest BCUT2D eigenvalue weighted by Gasteiger charge is -2.26. The van der Waals surface area contributed by atoms with E-state index in [-0.39, 0.29) is 24.9 Å². The summed E-state index contributed by atoms with van der Waals surface area (Å²) in [5, 5.41) is 4.37. The fraction of sp³-hybridized carbons (Fsp3) is 0.533. The van der Waals surface area contributed by atoms with E-state index >= 15 is 0 Å². The van der Waals surface area contributed by atoms with Crippen molar-refractivity contribution in [1.82, 2.24) is 25.1 Å². The third kappa shape index (κ3) is 14.2. The van der Waals surface area contributed by atoms with Crippen LogP contribution in [0, 0.1) is 0 Å². The zero-order valence-electron chi connectivity index (χ0n) is 27.0. The molecule has 4 amide bonds. The van der Waals surface area contributed by atoms with Crippen LogP contribution in [0.2, 0.25) is 20.1 Å². The van der Waals surface area contributed by atoms with E-state index in [1.807, 2.05) is 20.8 Å². The van der Waals surface area contributed by atoms with Gasteiger partial charge in [-0.2, -0.15) is 0 Å². The van der Waals surface area contributed by atoms with Crippen molar-refractivity contribution in [3.63, 3.8) is 0 Å². The monoisotopic (exact) mass is 798 g/mol. The van der Waals surface area contributed by atoms with E-state index in [0.717, 1.165) is 6.42 Å². The first-order valence-corrected chi connectivity index (χ1v) is 16.9. The van der Waals surface area contributed by atoms with Crippen LogP contribution in [-0.4, -0.2) is 94.2 Å². The highest BCUT2D eigenvalue weighted by molar-refractivity contribution is 9.10. The quantitative estimate of drug-likeness (QED) is 0.319. The first-order chi connectivity index (χ1) is 21.8. The van der Waals surface area contributed by atoms with Gasteiger partial charge in [-0.1, -0.05) is 46.4 Å². The van der Waals surface area contributed by atoms with Crippen LogP contribution >= 0.6 is 62.3 Å². The molecule has 2 aliphatic rings. The van der Waals surface area contributed by atoms with Gasteiger partial charge in [0.2, 0.25) is 11.8 Å². The first-order valence-electron chi connectivity index (χ1n) is 14.6. The number of halogens is 5. The Balaban J connectivity index is 0.000000273. The summed E-state index contributed by atoms with van der Waals surface area (Å²) in [5.41, 5.74) is -0.691. The van der Waals surface area contributed by atoms with Crippen LogP contribution in [0.1, 0.15) is 54.4 Å². The number of nitrogens with one attached hydrogen (secondary N) is 1. The Hall–Kier alpha value is -2.58. The number of anilines is 1. The maximum absolute atomic E-state index is 12.5. The topological polar surface area (TPSA) is 134 Å². The Morgan fingerprint density at radius 1 is 0.745 bits per heavy atom. The summed E-state index contributed by atoms with van der Waals surface area (Å²) in [6, 6.07) is 0. The predicted molar refractivity (Wildman–Crippen MR) is 186 cm³/mol. The number of nitrogens with zero attached hydrogens (tertiary/aromatic N) is 5. The molecule has 47 heavy (non-hydrogen) atoms. The van der Waals surface area contributed by atoms with Crippen LogP contribution < -0.4 is 10.2 Å². The lowest BCUT2D eigenvalue weighted by atomic mass is 10.2. The van der Waals surface area contributed by atoms with Gasteiger partial charge < -0.3 is 19.7 Å². The van der Waals surface area contributed by atoms with Gasteiger partial charge in [0, 0.05) is 51.0 Å². The summed E-state index contributed by atoms with van der Waals surface area (Å²) in [6.45, 7) is 12.8. The number of hydrogen-bond donors (Lipinski definition) is 1. The van der Waals surface area contributed by atoms with Gasteiger partial charge in [0.05, 0.1) is 30.3 Å². The molecule has 2 saturated heterocycles. The molecule has 17 heteroatoms. The van der Waals surface area contributed by atoms with E-state index in [4.69, 9.17) is 55.9 Å². The molecule has 0 atom stereocenters. The summed E-state index contributed by atoms with van der Waals surface area (Å²) < 4.78 is 11.2. The maximum Gasteiger partial charge on any atom is 0.410 e. The molecule has 1 N–H and O–H groups in total. The highest BCUT2D eigenvalue weighted by Crippen LogP contribution is 2.33. The van der Waals surface area contributed by atoms with Gasteiger partial charge in [-0.25, -0.2) is 9.59 Å².